The van der Waals surface area contributed by atoms with Crippen LogP contribution in [-0.4, -0.2) is 34.1 Å². The maximum absolute atomic E-state index is 11.0. The quantitative estimate of drug-likeness (QED) is 0.630. The van der Waals surface area contributed by atoms with Crippen LogP contribution in [0, 0.1) is 0 Å². The predicted octanol–water partition coefficient (Wildman–Crippen LogP) is -0.661. The van der Waals surface area contributed by atoms with Gasteiger partial charge in [0.1, 0.15) is 6.04 Å². The Morgan fingerprint density at radius 3 is 2.54 bits per heavy atom. The van der Waals surface area contributed by atoms with Gasteiger partial charge in [0.15, 0.2) is 0 Å². The van der Waals surface area contributed by atoms with Gasteiger partial charge >= 0.3 is 5.97 Å². The molecule has 0 aromatic carbocycles. The number of carbonyl (C=O) groups excluding carboxylic acids is 1. The molecule has 6 nitrogen and oxygen atoms in total. The zero-order valence-corrected chi connectivity index (χ0v) is 7.54. The van der Waals surface area contributed by atoms with Crippen LogP contribution < -0.4 is 5.73 Å². The third kappa shape index (κ3) is 2.03. The van der Waals surface area contributed by atoms with Crippen molar-refractivity contribution in [1.29, 1.82) is 0 Å². The van der Waals surface area contributed by atoms with Gasteiger partial charge in [-0.1, -0.05) is 0 Å². The molecule has 1 rings (SSSR count). The molecule has 0 saturated carbocycles. The summed E-state index contributed by atoms with van der Waals surface area (Å²) < 4.78 is 4.50. The van der Waals surface area contributed by atoms with E-state index in [1.54, 1.807) is 6.92 Å². The van der Waals surface area contributed by atoms with E-state index in [0.717, 1.165) is 0 Å². The molecule has 0 radical (unpaired) electrons. The van der Waals surface area contributed by atoms with Gasteiger partial charge in [-0.15, -0.1) is 0 Å². The molecule has 13 heavy (non-hydrogen) atoms. The van der Waals surface area contributed by atoms with Crippen LogP contribution in [0.4, 0.5) is 0 Å². The Balaban J connectivity index is 2.68. The second-order valence-corrected chi connectivity index (χ2v) is 2.64. The van der Waals surface area contributed by atoms with Crippen LogP contribution in [0.1, 0.15) is 13.0 Å². The lowest BCUT2D eigenvalue weighted by Gasteiger charge is -2.16. The summed E-state index contributed by atoms with van der Waals surface area (Å²) in [5, 5.41) is 7.74. The molecule has 6 heteroatoms. The number of carbonyl (C=O) groups is 1. The number of aromatic nitrogens is 3. The van der Waals surface area contributed by atoms with E-state index in [1.807, 2.05) is 0 Å². The number of nitrogens with zero attached hydrogens (tertiary/aromatic N) is 3. The summed E-state index contributed by atoms with van der Waals surface area (Å²) in [7, 11) is 1.30. The molecule has 0 unspecified atom stereocenters. The van der Waals surface area contributed by atoms with Gasteiger partial charge in [0.05, 0.1) is 25.5 Å². The molecule has 1 aromatic rings. The Kier molecular flexibility index (Phi) is 2.97. The van der Waals surface area contributed by atoms with Crippen LogP contribution in [0.15, 0.2) is 12.4 Å². The monoisotopic (exact) mass is 184 g/mol. The van der Waals surface area contributed by atoms with Crippen LogP contribution in [-0.2, 0) is 9.53 Å². The van der Waals surface area contributed by atoms with Crippen LogP contribution in [0.25, 0.3) is 0 Å². The molecule has 0 saturated heterocycles. The Hall–Kier alpha value is -1.43. The van der Waals surface area contributed by atoms with E-state index < -0.39 is 12.0 Å². The van der Waals surface area contributed by atoms with Gasteiger partial charge in [-0.2, -0.15) is 15.0 Å². The van der Waals surface area contributed by atoms with Gasteiger partial charge in [-0.05, 0) is 6.92 Å². The average Bonchev–Trinajstić information content (AvgIpc) is 2.67. The van der Waals surface area contributed by atoms with Crippen molar-refractivity contribution in [3.05, 3.63) is 12.4 Å². The summed E-state index contributed by atoms with van der Waals surface area (Å²) in [5.41, 5.74) is 5.59. The number of nitrogens with two attached hydrogens (primary N) is 1. The molecule has 72 valence electrons. The van der Waals surface area contributed by atoms with E-state index in [-0.39, 0.29) is 6.04 Å². The van der Waals surface area contributed by atoms with Crippen molar-refractivity contribution in [2.24, 2.45) is 5.73 Å². The van der Waals surface area contributed by atoms with E-state index in [9.17, 15) is 4.79 Å². The van der Waals surface area contributed by atoms with Crippen molar-refractivity contribution in [2.75, 3.05) is 7.11 Å². The second kappa shape index (κ2) is 3.99. The summed E-state index contributed by atoms with van der Waals surface area (Å²) >= 11 is 0. The lowest BCUT2D eigenvalue weighted by molar-refractivity contribution is -0.143. The topological polar surface area (TPSA) is 83.0 Å². The third-order valence-electron chi connectivity index (χ3n) is 1.79. The van der Waals surface area contributed by atoms with Crippen LogP contribution in [0.2, 0.25) is 0 Å². The van der Waals surface area contributed by atoms with E-state index >= 15 is 0 Å². The number of esters is 1. The maximum atomic E-state index is 11.0. The molecule has 1 aromatic heterocycles. The highest BCUT2D eigenvalue weighted by molar-refractivity contribution is 5.75. The fourth-order valence-electron chi connectivity index (χ4n) is 0.913. The molecular formula is C7H12N4O2. The standard InChI is InChI=1S/C7H12N4O2/c1-5(6(8)7(12)13-2)11-9-3-4-10-11/h3-6H,8H2,1-2H3/t5-,6-/m0/s1. The van der Waals surface area contributed by atoms with Crippen molar-refractivity contribution in [3.8, 4) is 0 Å². The summed E-state index contributed by atoms with van der Waals surface area (Å²) in [6.45, 7) is 1.75. The minimum absolute atomic E-state index is 0.303. The highest BCUT2D eigenvalue weighted by Gasteiger charge is 2.23. The first-order valence-corrected chi connectivity index (χ1v) is 3.86. The molecule has 0 aliphatic carbocycles. The molecule has 1 heterocycles. The van der Waals surface area contributed by atoms with Gasteiger partial charge in [0.2, 0.25) is 0 Å². The smallest absolute Gasteiger partial charge is 0.324 e. The first-order valence-electron chi connectivity index (χ1n) is 3.86. The number of methoxy groups -OCH3 is 1. The first kappa shape index (κ1) is 9.66. The number of hydrogen-bond donors (Lipinski definition) is 1. The normalized spacial score (nSPS) is 15.0. The van der Waals surface area contributed by atoms with Gasteiger partial charge in [0.25, 0.3) is 0 Å². The van der Waals surface area contributed by atoms with E-state index in [2.05, 4.69) is 14.9 Å². The molecule has 0 amide bonds. The van der Waals surface area contributed by atoms with Crippen molar-refractivity contribution >= 4 is 5.97 Å². The fraction of sp³-hybridized carbons (Fsp3) is 0.571. The fourth-order valence-corrected chi connectivity index (χ4v) is 0.913. The number of ether oxygens (including phenoxy) is 1. The molecular weight excluding hydrogens is 172 g/mol. The Morgan fingerprint density at radius 2 is 2.08 bits per heavy atom. The average molecular weight is 184 g/mol. The summed E-state index contributed by atoms with van der Waals surface area (Å²) in [4.78, 5) is 12.4. The molecule has 2 atom stereocenters. The largest absolute Gasteiger partial charge is 0.468 e. The molecule has 2 N–H and O–H groups in total. The van der Waals surface area contributed by atoms with Gasteiger partial charge in [-0.25, -0.2) is 0 Å². The third-order valence-corrected chi connectivity index (χ3v) is 1.79. The number of rotatable bonds is 3. The molecule has 0 aliphatic heterocycles. The predicted molar refractivity (Wildman–Crippen MR) is 44.7 cm³/mol. The van der Waals surface area contributed by atoms with Crippen molar-refractivity contribution in [3.63, 3.8) is 0 Å². The van der Waals surface area contributed by atoms with E-state index in [1.165, 1.54) is 24.3 Å². The van der Waals surface area contributed by atoms with Gasteiger partial charge < -0.3 is 10.5 Å². The van der Waals surface area contributed by atoms with E-state index in [4.69, 9.17) is 5.73 Å². The van der Waals surface area contributed by atoms with Crippen LogP contribution in [0.5, 0.6) is 0 Å². The molecule has 0 fully saturated rings. The van der Waals surface area contributed by atoms with E-state index in [0.29, 0.717) is 0 Å². The lowest BCUT2D eigenvalue weighted by atomic mass is 10.2. The Morgan fingerprint density at radius 1 is 1.54 bits per heavy atom. The summed E-state index contributed by atoms with van der Waals surface area (Å²) in [6.07, 6.45) is 3.06. The van der Waals surface area contributed by atoms with Gasteiger partial charge in [-0.3, -0.25) is 4.79 Å². The SMILES string of the molecule is COC(=O)[C@@H](N)[C@H](C)n1nccn1. The number of hydrogen-bond acceptors (Lipinski definition) is 5. The molecule has 0 aliphatic rings. The van der Waals surface area contributed by atoms with Crippen LogP contribution >= 0.6 is 0 Å². The minimum Gasteiger partial charge on any atom is -0.468 e. The lowest BCUT2D eigenvalue weighted by Crippen LogP contribution is -2.39. The first-order chi connectivity index (χ1) is 6.16. The van der Waals surface area contributed by atoms with Crippen molar-refractivity contribution in [2.45, 2.75) is 19.0 Å². The maximum Gasteiger partial charge on any atom is 0.324 e. The Labute approximate surface area is 75.7 Å². The zero-order chi connectivity index (χ0) is 9.84. The molecule has 0 bridgehead atoms. The van der Waals surface area contributed by atoms with Gasteiger partial charge in [0, 0.05) is 0 Å². The highest BCUT2D eigenvalue weighted by Crippen LogP contribution is 2.06. The zero-order valence-electron chi connectivity index (χ0n) is 7.54. The van der Waals surface area contributed by atoms with Crippen LogP contribution in [0.3, 0.4) is 0 Å². The Bertz CT molecular complexity index is 272. The summed E-state index contributed by atoms with van der Waals surface area (Å²) in [5.74, 6) is -0.468. The van der Waals surface area contributed by atoms with Crippen molar-refractivity contribution in [1.82, 2.24) is 15.0 Å². The second-order valence-electron chi connectivity index (χ2n) is 2.64. The van der Waals surface area contributed by atoms with Crippen molar-refractivity contribution < 1.29 is 9.53 Å². The summed E-state index contributed by atoms with van der Waals surface area (Å²) in [6, 6.07) is -1.04. The molecule has 0 spiro atoms. The minimum atomic E-state index is -0.739. The highest BCUT2D eigenvalue weighted by atomic mass is 16.5.